The van der Waals surface area contributed by atoms with Crippen LogP contribution in [0.3, 0.4) is 0 Å². The van der Waals surface area contributed by atoms with Crippen molar-refractivity contribution in [3.05, 3.63) is 39.6 Å². The van der Waals surface area contributed by atoms with Crippen molar-refractivity contribution >= 4 is 22.9 Å². The smallest absolute Gasteiger partial charge is 0.139 e. The molecule has 2 heterocycles. The standard InChI is InChI=1S/C12H14ClN3OS/c1-2-14-6-12-16-10(8-18-12)7-17-11-3-9(13)4-15-5-11/h3-5,8,14H,2,6-7H2,1H3. The van der Waals surface area contributed by atoms with Gasteiger partial charge >= 0.3 is 0 Å². The highest BCUT2D eigenvalue weighted by molar-refractivity contribution is 7.09. The summed E-state index contributed by atoms with van der Waals surface area (Å²) in [6.07, 6.45) is 3.21. The molecule has 4 nitrogen and oxygen atoms in total. The number of nitrogens with one attached hydrogen (secondary N) is 1. The average molecular weight is 284 g/mol. The van der Waals surface area contributed by atoms with Crippen LogP contribution in [0.25, 0.3) is 0 Å². The van der Waals surface area contributed by atoms with Gasteiger partial charge in [-0.25, -0.2) is 4.98 Å². The second-order valence-electron chi connectivity index (χ2n) is 3.64. The Morgan fingerprint density at radius 2 is 2.33 bits per heavy atom. The third kappa shape index (κ3) is 3.94. The van der Waals surface area contributed by atoms with Crippen LogP contribution in [0.5, 0.6) is 5.75 Å². The molecule has 96 valence electrons. The van der Waals surface area contributed by atoms with Gasteiger partial charge in [-0.15, -0.1) is 11.3 Å². The van der Waals surface area contributed by atoms with Gasteiger partial charge in [0.2, 0.25) is 0 Å². The van der Waals surface area contributed by atoms with Gasteiger partial charge in [-0.3, -0.25) is 4.98 Å². The maximum Gasteiger partial charge on any atom is 0.139 e. The largest absolute Gasteiger partial charge is 0.486 e. The van der Waals surface area contributed by atoms with E-state index in [1.165, 1.54) is 0 Å². The molecule has 0 aliphatic heterocycles. The number of thiazole rings is 1. The van der Waals surface area contributed by atoms with Crippen LogP contribution >= 0.6 is 22.9 Å². The van der Waals surface area contributed by atoms with Crippen LogP contribution in [0.2, 0.25) is 5.02 Å². The van der Waals surface area contributed by atoms with Gasteiger partial charge in [0.1, 0.15) is 17.4 Å². The number of aromatic nitrogens is 2. The predicted octanol–water partition coefficient (Wildman–Crippen LogP) is 2.88. The SMILES string of the molecule is CCNCc1nc(COc2cncc(Cl)c2)cs1. The highest BCUT2D eigenvalue weighted by atomic mass is 35.5. The minimum atomic E-state index is 0.435. The van der Waals surface area contributed by atoms with E-state index in [1.807, 2.05) is 5.38 Å². The van der Waals surface area contributed by atoms with E-state index >= 15 is 0 Å². The molecule has 0 aliphatic carbocycles. The molecular formula is C12H14ClN3OS. The average Bonchev–Trinajstić information content (AvgIpc) is 2.82. The van der Waals surface area contributed by atoms with Crippen LogP contribution in [0.1, 0.15) is 17.6 Å². The summed E-state index contributed by atoms with van der Waals surface area (Å²) in [5.74, 6) is 0.656. The van der Waals surface area contributed by atoms with Gasteiger partial charge in [0.25, 0.3) is 0 Å². The molecule has 0 spiro atoms. The van der Waals surface area contributed by atoms with Crippen LogP contribution in [0.4, 0.5) is 0 Å². The highest BCUT2D eigenvalue weighted by Gasteiger charge is 2.03. The molecule has 18 heavy (non-hydrogen) atoms. The lowest BCUT2D eigenvalue weighted by Gasteiger charge is -2.03. The fourth-order valence-electron chi connectivity index (χ4n) is 1.36. The molecule has 0 saturated carbocycles. The van der Waals surface area contributed by atoms with E-state index in [4.69, 9.17) is 16.3 Å². The van der Waals surface area contributed by atoms with Gasteiger partial charge in [-0.2, -0.15) is 0 Å². The number of nitrogens with zero attached hydrogens (tertiary/aromatic N) is 2. The van der Waals surface area contributed by atoms with Crippen molar-refractivity contribution in [2.24, 2.45) is 0 Å². The number of pyridine rings is 1. The monoisotopic (exact) mass is 283 g/mol. The molecule has 0 radical (unpaired) electrons. The number of rotatable bonds is 6. The Hall–Kier alpha value is -1.17. The third-order valence-electron chi connectivity index (χ3n) is 2.19. The Bertz CT molecular complexity index is 504. The third-order valence-corrected chi connectivity index (χ3v) is 3.30. The second-order valence-corrected chi connectivity index (χ2v) is 5.02. The van der Waals surface area contributed by atoms with Crippen LogP contribution in [0, 0.1) is 0 Å². The molecule has 2 rings (SSSR count). The van der Waals surface area contributed by atoms with Crippen molar-refractivity contribution in [1.29, 1.82) is 0 Å². The number of halogens is 1. The Labute approximate surface area is 115 Å². The summed E-state index contributed by atoms with van der Waals surface area (Å²) < 4.78 is 5.57. The minimum absolute atomic E-state index is 0.435. The molecule has 0 unspecified atom stereocenters. The van der Waals surface area contributed by atoms with E-state index in [0.717, 1.165) is 23.8 Å². The molecule has 0 amide bonds. The van der Waals surface area contributed by atoms with Crippen LogP contribution < -0.4 is 10.1 Å². The number of ether oxygens (including phenoxy) is 1. The summed E-state index contributed by atoms with van der Waals surface area (Å²) in [4.78, 5) is 8.42. The number of hydrogen-bond acceptors (Lipinski definition) is 5. The van der Waals surface area contributed by atoms with E-state index in [-0.39, 0.29) is 0 Å². The molecule has 0 saturated heterocycles. The first-order chi connectivity index (χ1) is 8.78. The molecule has 0 aromatic carbocycles. The lowest BCUT2D eigenvalue weighted by atomic mass is 10.4. The first-order valence-corrected chi connectivity index (χ1v) is 6.91. The van der Waals surface area contributed by atoms with Crippen LogP contribution in [-0.2, 0) is 13.2 Å². The topological polar surface area (TPSA) is 47.0 Å². The zero-order valence-electron chi connectivity index (χ0n) is 10.0. The van der Waals surface area contributed by atoms with Crippen molar-refractivity contribution in [3.63, 3.8) is 0 Å². The van der Waals surface area contributed by atoms with E-state index in [9.17, 15) is 0 Å². The molecular weight excluding hydrogens is 270 g/mol. The van der Waals surface area contributed by atoms with Crippen LogP contribution in [-0.4, -0.2) is 16.5 Å². The van der Waals surface area contributed by atoms with Gasteiger partial charge in [-0.05, 0) is 6.54 Å². The summed E-state index contributed by atoms with van der Waals surface area (Å²) in [5.41, 5.74) is 0.924. The molecule has 0 atom stereocenters. The molecule has 6 heteroatoms. The van der Waals surface area contributed by atoms with Gasteiger partial charge in [0, 0.05) is 24.2 Å². The van der Waals surface area contributed by atoms with Crippen molar-refractivity contribution < 1.29 is 4.74 Å². The molecule has 0 fully saturated rings. The Morgan fingerprint density at radius 3 is 3.11 bits per heavy atom. The lowest BCUT2D eigenvalue weighted by Crippen LogP contribution is -2.11. The van der Waals surface area contributed by atoms with Crippen molar-refractivity contribution in [2.75, 3.05) is 6.54 Å². The first kappa shape index (κ1) is 13.3. The molecule has 0 bridgehead atoms. The number of hydrogen-bond donors (Lipinski definition) is 1. The van der Waals surface area contributed by atoms with E-state index in [1.54, 1.807) is 29.8 Å². The quantitative estimate of drug-likeness (QED) is 0.885. The Balaban J connectivity index is 1.88. The minimum Gasteiger partial charge on any atom is -0.486 e. The molecule has 1 N–H and O–H groups in total. The maximum atomic E-state index is 5.82. The normalized spacial score (nSPS) is 10.6. The fourth-order valence-corrected chi connectivity index (χ4v) is 2.27. The predicted molar refractivity (Wildman–Crippen MR) is 73.1 cm³/mol. The summed E-state index contributed by atoms with van der Waals surface area (Å²) >= 11 is 7.46. The molecule has 0 aliphatic rings. The van der Waals surface area contributed by atoms with E-state index < -0.39 is 0 Å². The van der Waals surface area contributed by atoms with Gasteiger partial charge in [0.05, 0.1) is 16.9 Å². The summed E-state index contributed by atoms with van der Waals surface area (Å²) in [5, 5.41) is 6.88. The fraction of sp³-hybridized carbons (Fsp3) is 0.333. The maximum absolute atomic E-state index is 5.82. The van der Waals surface area contributed by atoms with E-state index in [0.29, 0.717) is 17.4 Å². The zero-order valence-corrected chi connectivity index (χ0v) is 11.6. The van der Waals surface area contributed by atoms with Crippen molar-refractivity contribution in [3.8, 4) is 5.75 Å². The summed E-state index contributed by atoms with van der Waals surface area (Å²) in [6, 6.07) is 1.74. The second kappa shape index (κ2) is 6.68. The van der Waals surface area contributed by atoms with Gasteiger partial charge in [0.15, 0.2) is 0 Å². The Kier molecular flexibility index (Phi) is 4.92. The zero-order chi connectivity index (χ0) is 12.8. The highest BCUT2D eigenvalue weighted by Crippen LogP contribution is 2.17. The Morgan fingerprint density at radius 1 is 1.44 bits per heavy atom. The first-order valence-electron chi connectivity index (χ1n) is 5.65. The van der Waals surface area contributed by atoms with Crippen molar-refractivity contribution in [1.82, 2.24) is 15.3 Å². The molecule has 2 aromatic heterocycles. The summed E-state index contributed by atoms with van der Waals surface area (Å²) in [6.45, 7) is 4.26. The van der Waals surface area contributed by atoms with Gasteiger partial charge < -0.3 is 10.1 Å². The van der Waals surface area contributed by atoms with Gasteiger partial charge in [-0.1, -0.05) is 18.5 Å². The lowest BCUT2D eigenvalue weighted by molar-refractivity contribution is 0.300. The van der Waals surface area contributed by atoms with Crippen molar-refractivity contribution in [2.45, 2.75) is 20.1 Å². The summed E-state index contributed by atoms with van der Waals surface area (Å²) in [7, 11) is 0. The van der Waals surface area contributed by atoms with Crippen LogP contribution in [0.15, 0.2) is 23.8 Å². The van der Waals surface area contributed by atoms with E-state index in [2.05, 4.69) is 22.2 Å². The molecule has 2 aromatic rings.